The van der Waals surface area contributed by atoms with Crippen molar-refractivity contribution in [3.8, 4) is 0 Å². The summed E-state index contributed by atoms with van der Waals surface area (Å²) in [6.45, 7) is 3.06. The SMILES string of the molecule is CNCC(Cc1cc(F)cc(Br)c1)Cc1ccccc1C. The smallest absolute Gasteiger partial charge is 0.124 e. The van der Waals surface area contributed by atoms with Crippen molar-refractivity contribution >= 4 is 15.9 Å². The van der Waals surface area contributed by atoms with E-state index in [1.54, 1.807) is 6.07 Å². The third-order valence-corrected chi connectivity index (χ3v) is 4.17. The largest absolute Gasteiger partial charge is 0.319 e. The molecule has 3 heteroatoms. The summed E-state index contributed by atoms with van der Waals surface area (Å²) < 4.78 is 14.3. The third-order valence-electron chi connectivity index (χ3n) is 3.71. The van der Waals surface area contributed by atoms with Crippen molar-refractivity contribution < 1.29 is 4.39 Å². The zero-order chi connectivity index (χ0) is 15.2. The lowest BCUT2D eigenvalue weighted by atomic mass is 9.90. The maximum atomic E-state index is 13.5. The molecule has 0 aliphatic carbocycles. The summed E-state index contributed by atoms with van der Waals surface area (Å²) >= 11 is 3.36. The van der Waals surface area contributed by atoms with Crippen LogP contribution in [0, 0.1) is 18.7 Å². The van der Waals surface area contributed by atoms with E-state index in [0.29, 0.717) is 5.92 Å². The van der Waals surface area contributed by atoms with Crippen molar-refractivity contribution in [2.75, 3.05) is 13.6 Å². The molecule has 1 unspecified atom stereocenters. The Labute approximate surface area is 134 Å². The van der Waals surface area contributed by atoms with E-state index in [1.807, 2.05) is 13.1 Å². The molecule has 0 saturated heterocycles. The lowest BCUT2D eigenvalue weighted by molar-refractivity contribution is 0.490. The molecule has 0 aliphatic rings. The van der Waals surface area contributed by atoms with Crippen LogP contribution in [0.1, 0.15) is 16.7 Å². The highest BCUT2D eigenvalue weighted by atomic mass is 79.9. The Morgan fingerprint density at radius 3 is 2.57 bits per heavy atom. The highest BCUT2D eigenvalue weighted by molar-refractivity contribution is 9.10. The van der Waals surface area contributed by atoms with Crippen molar-refractivity contribution in [1.29, 1.82) is 0 Å². The molecule has 0 aliphatic heterocycles. The molecule has 1 atom stereocenters. The molecule has 0 bridgehead atoms. The fourth-order valence-corrected chi connectivity index (χ4v) is 3.23. The topological polar surface area (TPSA) is 12.0 Å². The number of halogens is 2. The van der Waals surface area contributed by atoms with E-state index in [2.05, 4.69) is 52.4 Å². The van der Waals surface area contributed by atoms with E-state index in [1.165, 1.54) is 17.2 Å². The average molecular weight is 350 g/mol. The summed E-state index contributed by atoms with van der Waals surface area (Å²) in [6.07, 6.45) is 1.87. The Morgan fingerprint density at radius 1 is 1.14 bits per heavy atom. The van der Waals surface area contributed by atoms with Crippen LogP contribution in [0.25, 0.3) is 0 Å². The van der Waals surface area contributed by atoms with Crippen LogP contribution in [0.2, 0.25) is 0 Å². The normalized spacial score (nSPS) is 12.4. The highest BCUT2D eigenvalue weighted by Gasteiger charge is 2.12. The molecule has 0 spiro atoms. The molecule has 0 radical (unpaired) electrons. The molecule has 2 rings (SSSR count). The van der Waals surface area contributed by atoms with Crippen molar-refractivity contribution in [3.63, 3.8) is 0 Å². The standard InChI is InChI=1S/C18H21BrFN/c1-13-5-3-4-6-16(13)8-15(12-21-2)7-14-9-17(19)11-18(20)10-14/h3-6,9-11,15,21H,7-8,12H2,1-2H3. The zero-order valence-electron chi connectivity index (χ0n) is 12.5. The second-order valence-electron chi connectivity index (χ2n) is 5.54. The Hall–Kier alpha value is -1.19. The van der Waals surface area contributed by atoms with Gasteiger partial charge in [-0.2, -0.15) is 0 Å². The van der Waals surface area contributed by atoms with Gasteiger partial charge in [0.15, 0.2) is 0 Å². The van der Waals surface area contributed by atoms with Crippen molar-refractivity contribution in [1.82, 2.24) is 5.32 Å². The number of benzene rings is 2. The molecule has 21 heavy (non-hydrogen) atoms. The first-order valence-corrected chi connectivity index (χ1v) is 8.02. The molecule has 0 saturated carbocycles. The monoisotopic (exact) mass is 349 g/mol. The molecule has 1 N–H and O–H groups in total. The minimum Gasteiger partial charge on any atom is -0.319 e. The fourth-order valence-electron chi connectivity index (χ4n) is 2.72. The average Bonchev–Trinajstić information content (AvgIpc) is 2.40. The molecule has 0 aromatic heterocycles. The van der Waals surface area contributed by atoms with Gasteiger partial charge in [-0.05, 0) is 74.2 Å². The van der Waals surface area contributed by atoms with Crippen molar-refractivity contribution in [2.45, 2.75) is 19.8 Å². The number of nitrogens with one attached hydrogen (secondary N) is 1. The predicted molar refractivity (Wildman–Crippen MR) is 90.1 cm³/mol. The molecule has 0 heterocycles. The summed E-state index contributed by atoms with van der Waals surface area (Å²) in [7, 11) is 1.96. The molecule has 112 valence electrons. The van der Waals surface area contributed by atoms with Crippen LogP contribution in [-0.4, -0.2) is 13.6 Å². The van der Waals surface area contributed by atoms with Gasteiger partial charge >= 0.3 is 0 Å². The molecular formula is C18H21BrFN. The molecule has 1 nitrogen and oxygen atoms in total. The Morgan fingerprint density at radius 2 is 1.90 bits per heavy atom. The van der Waals surface area contributed by atoms with Crippen LogP contribution in [0.5, 0.6) is 0 Å². The van der Waals surface area contributed by atoms with Gasteiger partial charge in [0.1, 0.15) is 5.82 Å². The van der Waals surface area contributed by atoms with E-state index < -0.39 is 0 Å². The van der Waals surface area contributed by atoms with Gasteiger partial charge in [-0.1, -0.05) is 40.2 Å². The minimum absolute atomic E-state index is 0.182. The van der Waals surface area contributed by atoms with Crippen molar-refractivity contribution in [2.24, 2.45) is 5.92 Å². The molecule has 0 amide bonds. The van der Waals surface area contributed by atoms with Gasteiger partial charge in [-0.15, -0.1) is 0 Å². The van der Waals surface area contributed by atoms with Gasteiger partial charge < -0.3 is 5.32 Å². The number of hydrogen-bond donors (Lipinski definition) is 1. The number of rotatable bonds is 6. The predicted octanol–water partition coefficient (Wildman–Crippen LogP) is 4.52. The number of hydrogen-bond acceptors (Lipinski definition) is 1. The van der Waals surface area contributed by atoms with Crippen LogP contribution >= 0.6 is 15.9 Å². The van der Waals surface area contributed by atoms with Gasteiger partial charge in [0.05, 0.1) is 0 Å². The first kappa shape index (κ1) is 16.2. The van der Waals surface area contributed by atoms with E-state index >= 15 is 0 Å². The Balaban J connectivity index is 2.13. The van der Waals surface area contributed by atoms with Crippen LogP contribution in [0.15, 0.2) is 46.9 Å². The van der Waals surface area contributed by atoms with Crippen LogP contribution < -0.4 is 5.32 Å². The third kappa shape index (κ3) is 4.94. The maximum absolute atomic E-state index is 13.5. The molecule has 0 fully saturated rings. The first-order valence-electron chi connectivity index (χ1n) is 7.22. The summed E-state index contributed by atoms with van der Waals surface area (Å²) in [5.41, 5.74) is 3.72. The Kier molecular flexibility index (Phi) is 5.95. The van der Waals surface area contributed by atoms with Crippen molar-refractivity contribution in [3.05, 3.63) is 69.4 Å². The maximum Gasteiger partial charge on any atom is 0.124 e. The van der Waals surface area contributed by atoms with E-state index in [0.717, 1.165) is 29.4 Å². The zero-order valence-corrected chi connectivity index (χ0v) is 14.1. The van der Waals surface area contributed by atoms with Crippen LogP contribution in [0.3, 0.4) is 0 Å². The fraction of sp³-hybridized carbons (Fsp3) is 0.333. The summed E-state index contributed by atoms with van der Waals surface area (Å²) in [4.78, 5) is 0. The molecular weight excluding hydrogens is 329 g/mol. The van der Waals surface area contributed by atoms with E-state index in [9.17, 15) is 4.39 Å². The second-order valence-corrected chi connectivity index (χ2v) is 6.45. The van der Waals surface area contributed by atoms with E-state index in [4.69, 9.17) is 0 Å². The summed E-state index contributed by atoms with van der Waals surface area (Å²) in [6, 6.07) is 13.6. The van der Waals surface area contributed by atoms with Gasteiger partial charge in [-0.25, -0.2) is 4.39 Å². The Bertz CT molecular complexity index is 577. The van der Waals surface area contributed by atoms with Crippen LogP contribution in [0.4, 0.5) is 4.39 Å². The lowest BCUT2D eigenvalue weighted by Crippen LogP contribution is -2.23. The van der Waals surface area contributed by atoms with Gasteiger partial charge in [0.25, 0.3) is 0 Å². The van der Waals surface area contributed by atoms with Crippen LogP contribution in [-0.2, 0) is 12.8 Å². The van der Waals surface area contributed by atoms with Gasteiger partial charge in [0.2, 0.25) is 0 Å². The second kappa shape index (κ2) is 7.71. The lowest BCUT2D eigenvalue weighted by Gasteiger charge is -2.18. The van der Waals surface area contributed by atoms with Gasteiger partial charge in [-0.3, -0.25) is 0 Å². The minimum atomic E-state index is -0.182. The molecule has 2 aromatic carbocycles. The van der Waals surface area contributed by atoms with Gasteiger partial charge in [0, 0.05) is 4.47 Å². The summed E-state index contributed by atoms with van der Waals surface area (Å²) in [5.74, 6) is 0.267. The highest BCUT2D eigenvalue weighted by Crippen LogP contribution is 2.20. The molecule has 2 aromatic rings. The summed E-state index contributed by atoms with van der Waals surface area (Å²) in [5, 5.41) is 3.25. The number of aryl methyl sites for hydroxylation is 1. The van der Waals surface area contributed by atoms with E-state index in [-0.39, 0.29) is 5.82 Å². The first-order chi connectivity index (χ1) is 10.1. The quantitative estimate of drug-likeness (QED) is 0.808.